The van der Waals surface area contributed by atoms with E-state index in [-0.39, 0.29) is 0 Å². The van der Waals surface area contributed by atoms with E-state index in [2.05, 4.69) is 22.0 Å². The molecular weight excluding hydrogens is 188 g/mol. The highest BCUT2D eigenvalue weighted by atomic mass is 15.4. The second-order valence-electron chi connectivity index (χ2n) is 3.04. The first kappa shape index (κ1) is 14.1. The Morgan fingerprint density at radius 3 is 2.27 bits per heavy atom. The highest BCUT2D eigenvalue weighted by molar-refractivity contribution is 4.93. The van der Waals surface area contributed by atoms with Crippen LogP contribution < -0.4 is 0 Å². The fraction of sp³-hybridized carbons (Fsp3) is 0.818. The predicted molar refractivity (Wildman–Crippen MR) is 63.8 cm³/mol. The zero-order valence-electron chi connectivity index (χ0n) is 10.9. The van der Waals surface area contributed by atoms with E-state index in [1.807, 2.05) is 39.3 Å². The first-order valence-corrected chi connectivity index (χ1v) is 5.84. The van der Waals surface area contributed by atoms with Gasteiger partial charge in [-0.15, -0.1) is 0 Å². The summed E-state index contributed by atoms with van der Waals surface area (Å²) in [6.45, 7) is 12.9. The summed E-state index contributed by atoms with van der Waals surface area (Å²) >= 11 is 0. The van der Waals surface area contributed by atoms with Crippen molar-refractivity contribution in [3.63, 3.8) is 0 Å². The van der Waals surface area contributed by atoms with Crippen LogP contribution in [0, 0.1) is 6.92 Å². The summed E-state index contributed by atoms with van der Waals surface area (Å²) in [5, 5.41) is 4.26. The second-order valence-corrected chi connectivity index (χ2v) is 3.04. The van der Waals surface area contributed by atoms with E-state index < -0.39 is 0 Å². The van der Waals surface area contributed by atoms with Crippen LogP contribution in [0.1, 0.15) is 39.3 Å². The molecule has 0 saturated heterocycles. The summed E-state index contributed by atoms with van der Waals surface area (Å²) in [6, 6.07) is 0. The van der Waals surface area contributed by atoms with E-state index in [0.717, 1.165) is 31.3 Å². The Morgan fingerprint density at radius 1 is 1.07 bits per heavy atom. The van der Waals surface area contributed by atoms with Crippen LogP contribution in [-0.4, -0.2) is 33.3 Å². The molecule has 0 unspecified atom stereocenters. The largest absolute Gasteiger partial charge is 0.297 e. The molecule has 4 nitrogen and oxygen atoms in total. The van der Waals surface area contributed by atoms with Gasteiger partial charge in [0.1, 0.15) is 11.6 Å². The Bertz CT molecular complexity index is 268. The fourth-order valence-electron chi connectivity index (χ4n) is 1.38. The lowest BCUT2D eigenvalue weighted by Gasteiger charge is -2.21. The van der Waals surface area contributed by atoms with E-state index in [1.54, 1.807) is 0 Å². The molecule has 1 aromatic heterocycles. The van der Waals surface area contributed by atoms with Crippen molar-refractivity contribution < 1.29 is 0 Å². The lowest BCUT2D eigenvalue weighted by molar-refractivity contribution is 0.254. The number of likely N-dealkylation sites (N-methyl/N-ethyl adjacent to an activating group) is 1. The van der Waals surface area contributed by atoms with Crippen molar-refractivity contribution in [2.24, 2.45) is 0 Å². The average Bonchev–Trinajstić information content (AvgIpc) is 2.63. The van der Waals surface area contributed by atoms with Gasteiger partial charge in [-0.1, -0.05) is 27.7 Å². The van der Waals surface area contributed by atoms with Crippen LogP contribution in [0.3, 0.4) is 0 Å². The van der Waals surface area contributed by atoms with Crippen molar-refractivity contribution in [3.8, 4) is 0 Å². The fourth-order valence-corrected chi connectivity index (χ4v) is 1.38. The smallest absolute Gasteiger partial charge is 0.147 e. The molecule has 0 aromatic carbocycles. The highest BCUT2D eigenvalue weighted by Crippen LogP contribution is 2.06. The molecule has 0 amide bonds. The first-order valence-electron chi connectivity index (χ1n) is 5.84. The van der Waals surface area contributed by atoms with E-state index in [1.165, 1.54) is 0 Å². The Hall–Kier alpha value is -0.900. The molecule has 2 heterocycles. The summed E-state index contributed by atoms with van der Waals surface area (Å²) in [5.41, 5.74) is 0. The Kier molecular flexibility index (Phi) is 6.96. The van der Waals surface area contributed by atoms with Crippen LogP contribution >= 0.6 is 0 Å². The van der Waals surface area contributed by atoms with Gasteiger partial charge < -0.3 is 0 Å². The maximum Gasteiger partial charge on any atom is 0.147 e. The van der Waals surface area contributed by atoms with Crippen molar-refractivity contribution >= 4 is 0 Å². The van der Waals surface area contributed by atoms with Crippen LogP contribution in [0.25, 0.3) is 0 Å². The Morgan fingerprint density at radius 2 is 1.67 bits per heavy atom. The SMILES string of the molecule is CC.CC.Cc1nc2n(n1)CCN(C)C2. The van der Waals surface area contributed by atoms with Gasteiger partial charge in [0.15, 0.2) is 0 Å². The molecule has 0 atom stereocenters. The summed E-state index contributed by atoms with van der Waals surface area (Å²) < 4.78 is 2.00. The maximum absolute atomic E-state index is 4.31. The van der Waals surface area contributed by atoms with Gasteiger partial charge >= 0.3 is 0 Å². The van der Waals surface area contributed by atoms with E-state index >= 15 is 0 Å². The number of aromatic nitrogens is 3. The molecule has 1 aromatic rings. The van der Waals surface area contributed by atoms with Gasteiger partial charge in [0.05, 0.1) is 13.1 Å². The van der Waals surface area contributed by atoms with Crippen molar-refractivity contribution in [2.75, 3.05) is 13.6 Å². The van der Waals surface area contributed by atoms with E-state index in [4.69, 9.17) is 0 Å². The predicted octanol–water partition coefficient (Wildman–Crippen LogP) is 2.08. The number of nitrogens with zero attached hydrogens (tertiary/aromatic N) is 4. The molecule has 0 saturated carbocycles. The molecule has 15 heavy (non-hydrogen) atoms. The van der Waals surface area contributed by atoms with E-state index in [9.17, 15) is 0 Å². The van der Waals surface area contributed by atoms with Gasteiger partial charge in [-0.3, -0.25) is 4.90 Å². The van der Waals surface area contributed by atoms with Crippen LogP contribution in [0.5, 0.6) is 0 Å². The zero-order chi connectivity index (χ0) is 11.8. The van der Waals surface area contributed by atoms with Crippen molar-refractivity contribution in [2.45, 2.75) is 47.7 Å². The lowest BCUT2D eigenvalue weighted by atomic mass is 10.4. The van der Waals surface area contributed by atoms with Crippen LogP contribution in [0.4, 0.5) is 0 Å². The van der Waals surface area contributed by atoms with E-state index in [0.29, 0.717) is 0 Å². The molecule has 88 valence electrons. The minimum atomic E-state index is 0.885. The highest BCUT2D eigenvalue weighted by Gasteiger charge is 2.14. The first-order chi connectivity index (χ1) is 7.25. The number of fused-ring (bicyclic) bond motifs is 1. The van der Waals surface area contributed by atoms with Crippen molar-refractivity contribution in [1.29, 1.82) is 0 Å². The summed E-state index contributed by atoms with van der Waals surface area (Å²) in [7, 11) is 2.10. The summed E-state index contributed by atoms with van der Waals surface area (Å²) in [6.07, 6.45) is 0. The van der Waals surface area contributed by atoms with Gasteiger partial charge in [-0.25, -0.2) is 9.67 Å². The van der Waals surface area contributed by atoms with Gasteiger partial charge in [-0.05, 0) is 14.0 Å². The molecule has 0 aliphatic carbocycles. The number of hydrogen-bond acceptors (Lipinski definition) is 3. The Labute approximate surface area is 93.3 Å². The van der Waals surface area contributed by atoms with Crippen molar-refractivity contribution in [1.82, 2.24) is 19.7 Å². The van der Waals surface area contributed by atoms with Gasteiger partial charge in [0.25, 0.3) is 0 Å². The molecule has 1 aliphatic heterocycles. The minimum Gasteiger partial charge on any atom is -0.297 e. The Balaban J connectivity index is 0.000000442. The maximum atomic E-state index is 4.31. The topological polar surface area (TPSA) is 34.0 Å². The molecule has 0 bridgehead atoms. The molecule has 0 spiro atoms. The van der Waals surface area contributed by atoms with Crippen LogP contribution in [0.2, 0.25) is 0 Å². The van der Waals surface area contributed by atoms with Crippen LogP contribution in [0.15, 0.2) is 0 Å². The average molecular weight is 212 g/mol. The lowest BCUT2D eigenvalue weighted by Crippen LogP contribution is -2.30. The quantitative estimate of drug-likeness (QED) is 0.660. The van der Waals surface area contributed by atoms with Gasteiger partial charge in [0, 0.05) is 6.54 Å². The number of rotatable bonds is 0. The van der Waals surface area contributed by atoms with Crippen molar-refractivity contribution in [3.05, 3.63) is 11.6 Å². The molecule has 0 fully saturated rings. The standard InChI is InChI=1S/C7H12N4.2C2H6/c1-6-8-7-5-10(2)3-4-11(7)9-6;2*1-2/h3-5H2,1-2H3;2*1-2H3. The van der Waals surface area contributed by atoms with Crippen LogP contribution in [-0.2, 0) is 13.1 Å². The monoisotopic (exact) mass is 212 g/mol. The molecular formula is C11H24N4. The number of hydrogen-bond donors (Lipinski definition) is 0. The molecule has 0 radical (unpaired) electrons. The number of aryl methyl sites for hydroxylation is 1. The molecule has 4 heteroatoms. The normalized spacial score (nSPS) is 14.3. The third kappa shape index (κ3) is 4.00. The van der Waals surface area contributed by atoms with Gasteiger partial charge in [-0.2, -0.15) is 5.10 Å². The zero-order valence-corrected chi connectivity index (χ0v) is 10.9. The molecule has 2 rings (SSSR count). The minimum absolute atomic E-state index is 0.885. The summed E-state index contributed by atoms with van der Waals surface area (Å²) in [5.74, 6) is 1.98. The second kappa shape index (κ2) is 7.40. The van der Waals surface area contributed by atoms with Gasteiger partial charge in [0.2, 0.25) is 0 Å². The molecule has 1 aliphatic rings. The third-order valence-electron chi connectivity index (χ3n) is 1.96. The molecule has 0 N–H and O–H groups in total. The summed E-state index contributed by atoms with van der Waals surface area (Å²) in [4.78, 5) is 6.57. The third-order valence-corrected chi connectivity index (χ3v) is 1.96.